The predicted octanol–water partition coefficient (Wildman–Crippen LogP) is 1.76. The zero-order valence-electron chi connectivity index (χ0n) is 12.1. The molecular weight excluding hydrogens is 266 g/mol. The molecule has 2 N–H and O–H groups in total. The molecule has 0 bridgehead atoms. The third kappa shape index (κ3) is 2.86. The topological polar surface area (TPSA) is 66.6 Å². The summed E-state index contributed by atoms with van der Waals surface area (Å²) in [5.74, 6) is -0.0705. The molecule has 2 aliphatic rings. The quantitative estimate of drug-likeness (QED) is 0.900. The van der Waals surface area contributed by atoms with Gasteiger partial charge in [0.15, 0.2) is 0 Å². The molecule has 3 amide bonds. The van der Waals surface area contributed by atoms with E-state index in [1.54, 1.807) is 0 Å². The van der Waals surface area contributed by atoms with Gasteiger partial charge in [0.25, 0.3) is 0 Å². The van der Waals surface area contributed by atoms with Crippen LogP contribution >= 0.6 is 0 Å². The summed E-state index contributed by atoms with van der Waals surface area (Å²) >= 11 is 0. The molecule has 21 heavy (non-hydrogen) atoms. The second kappa shape index (κ2) is 5.76. The smallest absolute Gasteiger partial charge is 0.324 e. The molecule has 3 rings (SSSR count). The van der Waals surface area contributed by atoms with Gasteiger partial charge in [0, 0.05) is 31.7 Å². The Bertz CT molecular complexity index is 558. The van der Waals surface area contributed by atoms with Crippen LogP contribution in [0.1, 0.15) is 24.8 Å². The van der Waals surface area contributed by atoms with E-state index in [0.29, 0.717) is 13.0 Å². The summed E-state index contributed by atoms with van der Waals surface area (Å²) < 4.78 is 0. The molecule has 1 fully saturated rings. The van der Waals surface area contributed by atoms with Gasteiger partial charge < -0.3 is 10.6 Å². The Morgan fingerprint density at radius 3 is 2.86 bits per heavy atom. The molecular formula is C16H21N3O2. The van der Waals surface area contributed by atoms with Crippen LogP contribution in [0.5, 0.6) is 0 Å². The molecule has 5 nitrogen and oxygen atoms in total. The molecule has 0 aromatic heterocycles. The summed E-state index contributed by atoms with van der Waals surface area (Å²) in [4.78, 5) is 27.5. The van der Waals surface area contributed by atoms with Gasteiger partial charge in [-0.05, 0) is 36.8 Å². The van der Waals surface area contributed by atoms with Crippen LogP contribution in [0.15, 0.2) is 24.3 Å². The lowest BCUT2D eigenvalue weighted by Gasteiger charge is -2.35. The molecule has 0 radical (unpaired) electrons. The van der Waals surface area contributed by atoms with E-state index in [-0.39, 0.29) is 17.9 Å². The van der Waals surface area contributed by atoms with Gasteiger partial charge in [-0.25, -0.2) is 4.79 Å². The Morgan fingerprint density at radius 1 is 1.24 bits per heavy atom. The van der Waals surface area contributed by atoms with Crippen molar-refractivity contribution >= 4 is 17.6 Å². The number of amides is 3. The van der Waals surface area contributed by atoms with Crippen molar-refractivity contribution in [3.8, 4) is 0 Å². The zero-order valence-corrected chi connectivity index (χ0v) is 12.1. The fourth-order valence-corrected chi connectivity index (χ4v) is 3.40. The number of para-hydroxylation sites is 1. The zero-order chi connectivity index (χ0) is 14.8. The van der Waals surface area contributed by atoms with Crippen LogP contribution in [0.2, 0.25) is 0 Å². The van der Waals surface area contributed by atoms with Crippen molar-refractivity contribution in [1.82, 2.24) is 4.90 Å². The van der Waals surface area contributed by atoms with Crippen LogP contribution in [0, 0.1) is 5.92 Å². The van der Waals surface area contributed by atoms with Crippen molar-refractivity contribution in [2.75, 3.05) is 24.5 Å². The maximum atomic E-state index is 12.7. The first kappa shape index (κ1) is 13.9. The molecule has 1 atom stereocenters. The Balaban J connectivity index is 1.70. The average molecular weight is 287 g/mol. The van der Waals surface area contributed by atoms with E-state index >= 15 is 0 Å². The van der Waals surface area contributed by atoms with E-state index < -0.39 is 0 Å². The number of hydrogen-bond donors (Lipinski definition) is 1. The molecule has 0 unspecified atom stereocenters. The highest BCUT2D eigenvalue weighted by Gasteiger charge is 2.31. The Kier molecular flexibility index (Phi) is 3.82. The lowest BCUT2D eigenvalue weighted by molar-refractivity contribution is -0.119. The number of likely N-dealkylation sites (tertiary alicyclic amines) is 1. The van der Waals surface area contributed by atoms with Crippen LogP contribution < -0.4 is 10.6 Å². The van der Waals surface area contributed by atoms with Crippen LogP contribution in [0.25, 0.3) is 0 Å². The van der Waals surface area contributed by atoms with Gasteiger partial charge >= 0.3 is 6.03 Å². The van der Waals surface area contributed by atoms with Crippen LogP contribution in [0.3, 0.4) is 0 Å². The van der Waals surface area contributed by atoms with Crippen molar-refractivity contribution in [3.05, 3.63) is 29.8 Å². The Hall–Kier alpha value is -2.04. The SMILES string of the molecule is NC(=O)C[C@@H]1CCCN(C(=O)N2CCc3ccccc32)C1. The molecule has 1 aromatic rings. The van der Waals surface area contributed by atoms with E-state index in [0.717, 1.165) is 38.0 Å². The number of nitrogens with two attached hydrogens (primary N) is 1. The second-order valence-corrected chi connectivity index (χ2v) is 5.94. The number of carbonyl (C=O) groups excluding carboxylic acids is 2. The molecule has 0 aliphatic carbocycles. The Morgan fingerprint density at radius 2 is 2.05 bits per heavy atom. The maximum absolute atomic E-state index is 12.7. The molecule has 0 spiro atoms. The van der Waals surface area contributed by atoms with Crippen molar-refractivity contribution < 1.29 is 9.59 Å². The molecule has 2 aliphatic heterocycles. The van der Waals surface area contributed by atoms with Crippen molar-refractivity contribution in [1.29, 1.82) is 0 Å². The number of benzene rings is 1. The van der Waals surface area contributed by atoms with E-state index in [2.05, 4.69) is 6.07 Å². The van der Waals surface area contributed by atoms with Crippen LogP contribution in [0.4, 0.5) is 10.5 Å². The number of fused-ring (bicyclic) bond motifs is 1. The number of hydrogen-bond acceptors (Lipinski definition) is 2. The number of anilines is 1. The largest absolute Gasteiger partial charge is 0.370 e. The van der Waals surface area contributed by atoms with Gasteiger partial charge in [-0.1, -0.05) is 18.2 Å². The minimum absolute atomic E-state index is 0.0640. The highest BCUT2D eigenvalue weighted by atomic mass is 16.2. The van der Waals surface area contributed by atoms with Crippen LogP contribution in [-0.2, 0) is 11.2 Å². The highest BCUT2D eigenvalue weighted by molar-refractivity contribution is 5.94. The maximum Gasteiger partial charge on any atom is 0.324 e. The van der Waals surface area contributed by atoms with Crippen molar-refractivity contribution in [3.63, 3.8) is 0 Å². The predicted molar refractivity (Wildman–Crippen MR) is 81.0 cm³/mol. The molecule has 5 heteroatoms. The first-order valence-corrected chi connectivity index (χ1v) is 7.58. The first-order chi connectivity index (χ1) is 10.1. The fraction of sp³-hybridized carbons (Fsp3) is 0.500. The van der Waals surface area contributed by atoms with Gasteiger partial charge in [0.2, 0.25) is 5.91 Å². The summed E-state index contributed by atoms with van der Waals surface area (Å²) in [5.41, 5.74) is 7.54. The van der Waals surface area contributed by atoms with Crippen LogP contribution in [-0.4, -0.2) is 36.5 Å². The standard InChI is InChI=1S/C16H21N3O2/c17-15(20)10-12-4-3-8-18(11-12)16(21)19-9-7-13-5-1-2-6-14(13)19/h1-2,5-6,12H,3-4,7-11H2,(H2,17,20)/t12-/m0/s1. The minimum atomic E-state index is -0.277. The normalized spacial score (nSPS) is 21.2. The monoisotopic (exact) mass is 287 g/mol. The van der Waals surface area contributed by atoms with Crippen molar-refractivity contribution in [2.24, 2.45) is 11.7 Å². The van der Waals surface area contributed by atoms with Crippen molar-refractivity contribution in [2.45, 2.75) is 25.7 Å². The lowest BCUT2D eigenvalue weighted by Crippen LogP contribution is -2.47. The highest BCUT2D eigenvalue weighted by Crippen LogP contribution is 2.29. The number of nitrogens with zero attached hydrogens (tertiary/aromatic N) is 2. The fourth-order valence-electron chi connectivity index (χ4n) is 3.40. The molecule has 1 aromatic carbocycles. The molecule has 1 saturated heterocycles. The van der Waals surface area contributed by atoms with E-state index in [1.807, 2.05) is 28.0 Å². The summed E-state index contributed by atoms with van der Waals surface area (Å²) in [6.45, 7) is 2.16. The molecule has 2 heterocycles. The number of urea groups is 1. The summed E-state index contributed by atoms with van der Waals surface area (Å²) in [7, 11) is 0. The van der Waals surface area contributed by atoms with E-state index in [1.165, 1.54) is 5.56 Å². The number of primary amides is 1. The summed E-state index contributed by atoms with van der Waals surface area (Å²) in [5, 5.41) is 0. The number of rotatable bonds is 2. The molecule has 0 saturated carbocycles. The number of carbonyl (C=O) groups is 2. The van der Waals surface area contributed by atoms with E-state index in [9.17, 15) is 9.59 Å². The first-order valence-electron chi connectivity index (χ1n) is 7.58. The third-order valence-electron chi connectivity index (χ3n) is 4.40. The van der Waals surface area contributed by atoms with Gasteiger partial charge in [-0.2, -0.15) is 0 Å². The average Bonchev–Trinajstić information content (AvgIpc) is 2.90. The van der Waals surface area contributed by atoms with Gasteiger partial charge in [0.1, 0.15) is 0 Å². The lowest BCUT2D eigenvalue weighted by atomic mass is 9.95. The number of piperidine rings is 1. The summed E-state index contributed by atoms with van der Waals surface area (Å²) in [6, 6.07) is 8.13. The molecule has 112 valence electrons. The van der Waals surface area contributed by atoms with Gasteiger partial charge in [0.05, 0.1) is 0 Å². The summed E-state index contributed by atoms with van der Waals surface area (Å²) in [6.07, 6.45) is 3.21. The van der Waals surface area contributed by atoms with Gasteiger partial charge in [-0.3, -0.25) is 9.69 Å². The second-order valence-electron chi connectivity index (χ2n) is 5.94. The third-order valence-corrected chi connectivity index (χ3v) is 4.40. The van der Waals surface area contributed by atoms with Gasteiger partial charge in [-0.15, -0.1) is 0 Å². The Labute approximate surface area is 124 Å². The minimum Gasteiger partial charge on any atom is -0.370 e. The van der Waals surface area contributed by atoms with E-state index in [4.69, 9.17) is 5.73 Å².